The van der Waals surface area contributed by atoms with Crippen LogP contribution < -0.4 is 9.46 Å². The average molecular weight is 545 g/mol. The zero-order chi connectivity index (χ0) is 26.9. The van der Waals surface area contributed by atoms with Gasteiger partial charge in [0.05, 0.1) is 6.61 Å². The fourth-order valence-corrected chi connectivity index (χ4v) is 4.95. The molecule has 1 aromatic heterocycles. The molecular formula is C29H55NO6P+. The standard InChI is InChI=1S/C29H54NO6P/c1-3-4-5-6-7-8-9-10-11-12-13-14-15-16-17-21-25-34-27-29(33-2)28-36-37(31,32)35-26-24-30-22-19-18-20-23-30/h18-20,22-23,29H,3-17,21,24-28H2,1-2H3/p+1. The molecule has 216 valence electrons. The molecule has 0 radical (unpaired) electrons. The molecular weight excluding hydrogens is 489 g/mol. The lowest BCUT2D eigenvalue weighted by atomic mass is 10.0. The number of rotatable bonds is 27. The lowest BCUT2D eigenvalue weighted by Gasteiger charge is -2.22. The first-order chi connectivity index (χ1) is 18.1. The molecule has 0 amide bonds. The lowest BCUT2D eigenvalue weighted by Crippen LogP contribution is -2.35. The Morgan fingerprint density at radius 1 is 0.703 bits per heavy atom. The molecule has 1 aromatic rings. The monoisotopic (exact) mass is 544 g/mol. The summed E-state index contributed by atoms with van der Waals surface area (Å²) in [5, 5.41) is 0. The molecule has 8 heteroatoms. The third kappa shape index (κ3) is 21.9. The Kier molecular flexibility index (Phi) is 22.7. The number of ether oxygens (including phenoxy) is 2. The quantitative estimate of drug-likeness (QED) is 0.0792. The van der Waals surface area contributed by atoms with Gasteiger partial charge in [0, 0.05) is 25.8 Å². The van der Waals surface area contributed by atoms with Crippen LogP contribution in [0.1, 0.15) is 110 Å². The minimum Gasteiger partial charge on any atom is -0.606 e. The van der Waals surface area contributed by atoms with Gasteiger partial charge in [-0.15, -0.1) is 0 Å². The summed E-state index contributed by atoms with van der Waals surface area (Å²) < 4.78 is 23.0. The average Bonchev–Trinajstić information content (AvgIpc) is 2.90. The van der Waals surface area contributed by atoms with Crippen LogP contribution in [0.25, 0.3) is 0 Å². The van der Waals surface area contributed by atoms with Crippen LogP contribution in [0.4, 0.5) is 0 Å². The first kappa shape index (κ1) is 34.4. The topological polar surface area (TPSA) is 84.1 Å². The summed E-state index contributed by atoms with van der Waals surface area (Å²) in [6.07, 6.45) is 24.8. The Bertz CT molecular complexity index is 607. The van der Waals surface area contributed by atoms with Crippen molar-refractivity contribution in [3.05, 3.63) is 30.6 Å². The highest BCUT2D eigenvalue weighted by molar-refractivity contribution is 7.52. The van der Waals surface area contributed by atoms with E-state index in [1.807, 2.05) is 35.2 Å². The number of phosphoric acid groups is 1. The maximum Gasteiger partial charge on any atom is 0.377 e. The van der Waals surface area contributed by atoms with Crippen LogP contribution in [-0.4, -0.2) is 44.5 Å². The van der Waals surface area contributed by atoms with Crippen molar-refractivity contribution in [2.45, 2.75) is 122 Å². The van der Waals surface area contributed by atoms with Crippen LogP contribution in [-0.2, 0) is 25.1 Å². The maximum atomic E-state index is 12.1. The van der Waals surface area contributed by atoms with Gasteiger partial charge < -0.3 is 14.4 Å². The largest absolute Gasteiger partial charge is 0.606 e. The summed E-state index contributed by atoms with van der Waals surface area (Å²) >= 11 is 0. The molecule has 0 aliphatic heterocycles. The Balaban J connectivity index is 1.88. The van der Waals surface area contributed by atoms with E-state index in [1.165, 1.54) is 96.3 Å². The highest BCUT2D eigenvalue weighted by atomic mass is 31.2. The van der Waals surface area contributed by atoms with Gasteiger partial charge in [-0.2, -0.15) is 13.9 Å². The number of phosphoric ester groups is 1. The van der Waals surface area contributed by atoms with Crippen molar-refractivity contribution in [3.63, 3.8) is 0 Å². The normalized spacial score (nSPS) is 14.1. The predicted octanol–water partition coefficient (Wildman–Crippen LogP) is 6.33. The number of aromatic nitrogens is 1. The second-order valence-corrected chi connectivity index (χ2v) is 11.4. The number of pyridine rings is 1. The Labute approximate surface area is 227 Å². The van der Waals surface area contributed by atoms with Gasteiger partial charge in [-0.25, -0.2) is 4.57 Å². The second kappa shape index (κ2) is 24.4. The van der Waals surface area contributed by atoms with Crippen molar-refractivity contribution >= 4 is 8.17 Å². The molecule has 7 nitrogen and oxygen atoms in total. The van der Waals surface area contributed by atoms with Crippen molar-refractivity contribution in [1.29, 1.82) is 0 Å². The molecule has 2 unspecified atom stereocenters. The molecule has 0 saturated carbocycles. The Morgan fingerprint density at radius 3 is 1.73 bits per heavy atom. The predicted molar refractivity (Wildman–Crippen MR) is 149 cm³/mol. The minimum atomic E-state index is -4.12. The molecule has 1 N–H and O–H groups in total. The zero-order valence-electron chi connectivity index (χ0n) is 23.7. The fourth-order valence-electron chi connectivity index (χ4n) is 4.21. The zero-order valence-corrected chi connectivity index (χ0v) is 24.6. The summed E-state index contributed by atoms with van der Waals surface area (Å²) in [6, 6.07) is 5.68. The van der Waals surface area contributed by atoms with E-state index in [0.29, 0.717) is 19.8 Å². The van der Waals surface area contributed by atoms with Gasteiger partial charge in [0.1, 0.15) is 12.7 Å². The molecule has 1 rings (SSSR count). The molecule has 1 heterocycles. The summed E-state index contributed by atoms with van der Waals surface area (Å²) in [6.45, 7) is 3.76. The van der Waals surface area contributed by atoms with Gasteiger partial charge in [-0.1, -0.05) is 109 Å². The van der Waals surface area contributed by atoms with Gasteiger partial charge >= 0.3 is 8.17 Å². The summed E-state index contributed by atoms with van der Waals surface area (Å²) in [7, 11) is -2.58. The van der Waals surface area contributed by atoms with Gasteiger partial charge in [-0.3, -0.25) is 0 Å². The highest BCUT2D eigenvalue weighted by Crippen LogP contribution is 2.47. The van der Waals surface area contributed by atoms with Gasteiger partial charge in [-0.05, 0) is 6.42 Å². The Hall–Kier alpha value is -0.660. The first-order valence-corrected chi connectivity index (χ1v) is 16.2. The second-order valence-electron chi connectivity index (χ2n) is 9.95. The van der Waals surface area contributed by atoms with Crippen molar-refractivity contribution in [1.82, 2.24) is 0 Å². The van der Waals surface area contributed by atoms with E-state index < -0.39 is 14.3 Å². The molecule has 0 spiro atoms. The lowest BCUT2D eigenvalue weighted by molar-refractivity contribution is -0.697. The summed E-state index contributed by atoms with van der Waals surface area (Å²) in [4.78, 5) is 21.9. The number of unbranched alkanes of at least 4 members (excludes halogenated alkanes) is 15. The van der Waals surface area contributed by atoms with E-state index in [9.17, 15) is 9.79 Å². The van der Waals surface area contributed by atoms with E-state index in [1.54, 1.807) is 7.11 Å². The van der Waals surface area contributed by atoms with Crippen molar-refractivity contribution in [2.75, 3.05) is 33.5 Å². The fraction of sp³-hybridized carbons (Fsp3) is 0.828. The van der Waals surface area contributed by atoms with Crippen LogP contribution in [0.2, 0.25) is 0 Å². The smallest absolute Gasteiger partial charge is 0.377 e. The van der Waals surface area contributed by atoms with E-state index in [-0.39, 0.29) is 13.2 Å². The van der Waals surface area contributed by atoms with Crippen LogP contribution in [0.3, 0.4) is 0 Å². The van der Waals surface area contributed by atoms with Gasteiger partial charge in [0.15, 0.2) is 25.5 Å². The van der Waals surface area contributed by atoms with E-state index in [2.05, 4.69) is 6.92 Å². The first-order valence-electron chi connectivity index (χ1n) is 14.7. The number of hydrogen-bond acceptors (Lipinski definition) is 6. The van der Waals surface area contributed by atoms with Crippen molar-refractivity contribution < 1.29 is 32.9 Å². The minimum absolute atomic E-state index is 0.0539. The van der Waals surface area contributed by atoms with E-state index in [0.717, 1.165) is 6.42 Å². The van der Waals surface area contributed by atoms with E-state index in [4.69, 9.17) is 18.5 Å². The van der Waals surface area contributed by atoms with Crippen LogP contribution in [0.15, 0.2) is 30.6 Å². The molecule has 0 aliphatic carbocycles. The molecule has 0 fully saturated rings. The molecule has 0 aliphatic rings. The SMILES string of the molecule is CCCCCCCCCCCCCCCCCCOCC(CO[P+]([O-])(O)OCC[n+]1ccccc1)OC. The van der Waals surface area contributed by atoms with Gasteiger partial charge in [0.2, 0.25) is 0 Å². The number of nitrogens with zero attached hydrogens (tertiary/aromatic N) is 1. The summed E-state index contributed by atoms with van der Waals surface area (Å²) in [5.74, 6) is 0. The summed E-state index contributed by atoms with van der Waals surface area (Å²) in [5.41, 5.74) is 0. The number of methoxy groups -OCH3 is 1. The van der Waals surface area contributed by atoms with Crippen LogP contribution in [0, 0.1) is 0 Å². The third-order valence-electron chi connectivity index (χ3n) is 6.58. The Morgan fingerprint density at radius 2 is 1.22 bits per heavy atom. The third-order valence-corrected chi connectivity index (χ3v) is 7.57. The number of hydrogen-bond donors (Lipinski definition) is 1. The molecule has 0 aromatic carbocycles. The van der Waals surface area contributed by atoms with Gasteiger partial charge in [0.25, 0.3) is 0 Å². The van der Waals surface area contributed by atoms with E-state index >= 15 is 0 Å². The molecule has 0 bridgehead atoms. The maximum absolute atomic E-state index is 12.1. The van der Waals surface area contributed by atoms with Crippen LogP contribution >= 0.6 is 8.17 Å². The van der Waals surface area contributed by atoms with Crippen molar-refractivity contribution in [2.24, 2.45) is 0 Å². The van der Waals surface area contributed by atoms with Crippen LogP contribution in [0.5, 0.6) is 0 Å². The highest BCUT2D eigenvalue weighted by Gasteiger charge is 2.29. The molecule has 2 atom stereocenters. The molecule has 37 heavy (non-hydrogen) atoms. The molecule has 0 saturated heterocycles. The van der Waals surface area contributed by atoms with Crippen molar-refractivity contribution in [3.8, 4) is 0 Å².